The quantitative estimate of drug-likeness (QED) is 0.777. The number of rotatable bonds is 4. The smallest absolute Gasteiger partial charge is 0.261 e. The minimum Gasteiger partial charge on any atom is -0.431 e. The molecule has 0 aliphatic rings. The Balaban J connectivity index is 1.80. The number of para-hydroxylation sites is 2. The topological polar surface area (TPSA) is 38.1 Å². The van der Waals surface area contributed by atoms with Crippen LogP contribution in [0.4, 0.5) is 0 Å². The molecule has 0 radical (unpaired) electrons. The Kier molecular flexibility index (Phi) is 3.76. The van der Waals surface area contributed by atoms with E-state index in [1.54, 1.807) is 11.8 Å². The monoisotopic (exact) mass is 284 g/mol. The molecule has 1 heterocycles. The molecule has 0 spiro atoms. The van der Waals surface area contributed by atoms with E-state index in [9.17, 15) is 0 Å². The molecule has 3 nitrogen and oxygen atoms in total. The first-order valence-electron chi connectivity index (χ1n) is 6.57. The van der Waals surface area contributed by atoms with E-state index in [0.29, 0.717) is 11.3 Å². The van der Waals surface area contributed by atoms with Crippen LogP contribution in [0.5, 0.6) is 0 Å². The largest absolute Gasteiger partial charge is 0.431 e. The van der Waals surface area contributed by atoms with Gasteiger partial charge in [0.1, 0.15) is 5.52 Å². The summed E-state index contributed by atoms with van der Waals surface area (Å²) in [6, 6.07) is 16.6. The summed E-state index contributed by atoms with van der Waals surface area (Å²) in [5.74, 6) is 0. The zero-order valence-corrected chi connectivity index (χ0v) is 12.3. The average molecular weight is 284 g/mol. The van der Waals surface area contributed by atoms with E-state index < -0.39 is 0 Å². The Labute approximate surface area is 122 Å². The normalized spacial score (nSPS) is 12.7. The first-order chi connectivity index (χ1) is 9.76. The molecule has 4 heteroatoms. The zero-order valence-electron chi connectivity index (χ0n) is 11.5. The van der Waals surface area contributed by atoms with Crippen molar-refractivity contribution in [3.63, 3.8) is 0 Å². The lowest BCUT2D eigenvalue weighted by molar-refractivity contribution is 0.489. The van der Waals surface area contributed by atoms with E-state index in [-0.39, 0.29) is 0 Å². The van der Waals surface area contributed by atoms with Crippen LogP contribution in [0, 0.1) is 0 Å². The van der Waals surface area contributed by atoms with Crippen LogP contribution in [0.25, 0.3) is 11.1 Å². The van der Waals surface area contributed by atoms with E-state index >= 15 is 0 Å². The standard InChI is InChI=1S/C16H16N2OS/c1-11(17-2)12-7-9-13(10-8-12)20-16-18-14-5-3-4-6-15(14)19-16/h3-11,17H,1-2H3. The molecular formula is C16H16N2OS. The molecule has 1 atom stereocenters. The SMILES string of the molecule is CNC(C)c1ccc(Sc2nc3ccccc3o2)cc1. The number of oxazole rings is 1. The molecule has 3 rings (SSSR count). The Morgan fingerprint density at radius 3 is 2.55 bits per heavy atom. The summed E-state index contributed by atoms with van der Waals surface area (Å²) >= 11 is 1.54. The highest BCUT2D eigenvalue weighted by atomic mass is 32.2. The van der Waals surface area contributed by atoms with Crippen LogP contribution in [0.1, 0.15) is 18.5 Å². The van der Waals surface area contributed by atoms with Crippen molar-refractivity contribution in [3.8, 4) is 0 Å². The average Bonchev–Trinajstić information content (AvgIpc) is 2.89. The fourth-order valence-electron chi connectivity index (χ4n) is 1.99. The van der Waals surface area contributed by atoms with Crippen LogP contribution in [-0.4, -0.2) is 12.0 Å². The summed E-state index contributed by atoms with van der Waals surface area (Å²) in [6.45, 7) is 2.14. The number of benzene rings is 2. The van der Waals surface area contributed by atoms with Crippen molar-refractivity contribution in [3.05, 3.63) is 54.1 Å². The van der Waals surface area contributed by atoms with Crippen molar-refractivity contribution in [2.45, 2.75) is 23.1 Å². The van der Waals surface area contributed by atoms with Crippen molar-refractivity contribution < 1.29 is 4.42 Å². The van der Waals surface area contributed by atoms with Crippen molar-refractivity contribution in [2.24, 2.45) is 0 Å². The fraction of sp³-hybridized carbons (Fsp3) is 0.188. The van der Waals surface area contributed by atoms with Gasteiger partial charge in [0.05, 0.1) is 0 Å². The molecular weight excluding hydrogens is 268 g/mol. The first-order valence-corrected chi connectivity index (χ1v) is 7.38. The minimum atomic E-state index is 0.360. The van der Waals surface area contributed by atoms with Crippen molar-refractivity contribution in [1.82, 2.24) is 10.3 Å². The van der Waals surface area contributed by atoms with Crippen LogP contribution >= 0.6 is 11.8 Å². The van der Waals surface area contributed by atoms with Crippen molar-refractivity contribution in [2.75, 3.05) is 7.05 Å². The molecule has 20 heavy (non-hydrogen) atoms. The van der Waals surface area contributed by atoms with Crippen molar-refractivity contribution >= 4 is 22.9 Å². The molecule has 0 fully saturated rings. The molecule has 1 N–H and O–H groups in total. The lowest BCUT2D eigenvalue weighted by Gasteiger charge is -2.10. The highest BCUT2D eigenvalue weighted by Gasteiger charge is 2.08. The van der Waals surface area contributed by atoms with Gasteiger partial charge in [-0.15, -0.1) is 0 Å². The summed E-state index contributed by atoms with van der Waals surface area (Å²) in [7, 11) is 1.96. The third-order valence-corrected chi connectivity index (χ3v) is 4.15. The van der Waals surface area contributed by atoms with E-state index in [4.69, 9.17) is 4.42 Å². The molecule has 0 amide bonds. The highest BCUT2D eigenvalue weighted by molar-refractivity contribution is 7.99. The number of aromatic nitrogens is 1. The van der Waals surface area contributed by atoms with Gasteiger partial charge in [-0.1, -0.05) is 24.3 Å². The van der Waals surface area contributed by atoms with E-state index in [1.165, 1.54) is 5.56 Å². The molecule has 1 aromatic heterocycles. The molecule has 1 unspecified atom stereocenters. The molecule has 0 saturated carbocycles. The van der Waals surface area contributed by atoms with Gasteiger partial charge in [-0.2, -0.15) is 0 Å². The van der Waals surface area contributed by atoms with Crippen LogP contribution in [-0.2, 0) is 0 Å². The lowest BCUT2D eigenvalue weighted by atomic mass is 10.1. The van der Waals surface area contributed by atoms with Crippen LogP contribution in [0.2, 0.25) is 0 Å². The molecule has 0 bridgehead atoms. The van der Waals surface area contributed by atoms with E-state index in [2.05, 4.69) is 41.5 Å². The maximum atomic E-state index is 5.71. The molecule has 0 aliphatic heterocycles. The predicted molar refractivity (Wildman–Crippen MR) is 82.0 cm³/mol. The van der Waals surface area contributed by atoms with Gasteiger partial charge in [0.15, 0.2) is 5.58 Å². The Bertz CT molecular complexity index is 673. The third-order valence-electron chi connectivity index (χ3n) is 3.29. The van der Waals surface area contributed by atoms with Crippen molar-refractivity contribution in [1.29, 1.82) is 0 Å². The zero-order chi connectivity index (χ0) is 13.9. The predicted octanol–water partition coefficient (Wildman–Crippen LogP) is 4.26. The molecule has 0 aliphatic carbocycles. The molecule has 102 valence electrons. The molecule has 0 saturated heterocycles. The first kappa shape index (κ1) is 13.2. The van der Waals surface area contributed by atoms with Gasteiger partial charge in [-0.3, -0.25) is 0 Å². The summed E-state index contributed by atoms with van der Waals surface area (Å²) in [6.07, 6.45) is 0. The summed E-state index contributed by atoms with van der Waals surface area (Å²) in [5.41, 5.74) is 3.00. The van der Waals surface area contributed by atoms with Crippen LogP contribution in [0.15, 0.2) is 63.1 Å². The summed E-state index contributed by atoms with van der Waals surface area (Å²) in [4.78, 5) is 5.59. The second-order valence-corrected chi connectivity index (χ2v) is 5.65. The van der Waals surface area contributed by atoms with Crippen LogP contribution in [0.3, 0.4) is 0 Å². The van der Waals surface area contributed by atoms with Gasteiger partial charge in [-0.25, -0.2) is 4.98 Å². The fourth-order valence-corrected chi connectivity index (χ4v) is 2.74. The second kappa shape index (κ2) is 5.69. The third kappa shape index (κ3) is 2.71. The van der Waals surface area contributed by atoms with Gasteiger partial charge in [0, 0.05) is 10.9 Å². The number of nitrogens with one attached hydrogen (secondary N) is 1. The van der Waals surface area contributed by atoms with E-state index in [0.717, 1.165) is 16.0 Å². The van der Waals surface area contributed by atoms with Gasteiger partial charge in [0.25, 0.3) is 5.22 Å². The lowest BCUT2D eigenvalue weighted by Crippen LogP contribution is -2.11. The summed E-state index contributed by atoms with van der Waals surface area (Å²) in [5, 5.41) is 3.91. The maximum Gasteiger partial charge on any atom is 0.261 e. The Hall–Kier alpha value is -1.78. The van der Waals surface area contributed by atoms with Gasteiger partial charge in [-0.05, 0) is 55.6 Å². The number of hydrogen-bond acceptors (Lipinski definition) is 4. The Morgan fingerprint density at radius 2 is 1.85 bits per heavy atom. The maximum absolute atomic E-state index is 5.71. The van der Waals surface area contributed by atoms with Gasteiger partial charge < -0.3 is 9.73 Å². The minimum absolute atomic E-state index is 0.360. The van der Waals surface area contributed by atoms with Gasteiger partial charge in [0.2, 0.25) is 0 Å². The second-order valence-electron chi connectivity index (χ2n) is 4.63. The molecule has 3 aromatic rings. The Morgan fingerprint density at radius 1 is 1.10 bits per heavy atom. The summed E-state index contributed by atoms with van der Waals surface area (Å²) < 4.78 is 5.71. The highest BCUT2D eigenvalue weighted by Crippen LogP contribution is 2.30. The van der Waals surface area contributed by atoms with Crippen LogP contribution < -0.4 is 5.32 Å². The number of nitrogens with zero attached hydrogens (tertiary/aromatic N) is 1. The molecule has 2 aromatic carbocycles. The number of hydrogen-bond donors (Lipinski definition) is 1. The van der Waals surface area contributed by atoms with Gasteiger partial charge >= 0.3 is 0 Å². The number of fused-ring (bicyclic) bond motifs is 1. The van der Waals surface area contributed by atoms with E-state index in [1.807, 2.05) is 31.3 Å².